The first kappa shape index (κ1) is 18.7. The molecule has 0 aliphatic carbocycles. The predicted molar refractivity (Wildman–Crippen MR) is 114 cm³/mol. The molecule has 0 saturated heterocycles. The van der Waals surface area contributed by atoms with E-state index in [0.29, 0.717) is 23.0 Å². The summed E-state index contributed by atoms with van der Waals surface area (Å²) in [6, 6.07) is 16.6. The summed E-state index contributed by atoms with van der Waals surface area (Å²) in [5.74, 6) is -0.321. The van der Waals surface area contributed by atoms with Crippen molar-refractivity contribution in [3.63, 3.8) is 0 Å². The third-order valence-corrected chi connectivity index (χ3v) is 5.14. The maximum absolute atomic E-state index is 13.0. The molecular formula is C23H21N3O3. The molecule has 2 aromatic carbocycles. The molecule has 1 aliphatic rings. The van der Waals surface area contributed by atoms with Gasteiger partial charge in [0.25, 0.3) is 5.56 Å². The van der Waals surface area contributed by atoms with Crippen molar-refractivity contribution in [2.75, 3.05) is 0 Å². The molecule has 0 fully saturated rings. The van der Waals surface area contributed by atoms with E-state index in [1.165, 1.54) is 16.5 Å². The smallest absolute Gasteiger partial charge is 0.263 e. The number of aromatic hydroxyl groups is 1. The Hall–Kier alpha value is -3.67. The lowest BCUT2D eigenvalue weighted by Gasteiger charge is -2.16. The van der Waals surface area contributed by atoms with Crippen molar-refractivity contribution in [2.45, 2.75) is 19.4 Å². The predicted octanol–water partition coefficient (Wildman–Crippen LogP) is 3.28. The summed E-state index contributed by atoms with van der Waals surface area (Å²) in [7, 11) is 1.67. The van der Waals surface area contributed by atoms with Crippen LogP contribution in [-0.4, -0.2) is 32.3 Å². The van der Waals surface area contributed by atoms with E-state index in [0.717, 1.165) is 5.56 Å². The summed E-state index contributed by atoms with van der Waals surface area (Å²) >= 11 is 0. The minimum atomic E-state index is -0.337. The van der Waals surface area contributed by atoms with Crippen molar-refractivity contribution in [3.8, 4) is 5.75 Å². The Labute approximate surface area is 168 Å². The summed E-state index contributed by atoms with van der Waals surface area (Å²) in [6.45, 7) is 1.44. The summed E-state index contributed by atoms with van der Waals surface area (Å²) in [5, 5.41) is 17.2. The second kappa shape index (κ2) is 7.39. The van der Waals surface area contributed by atoms with Crippen LogP contribution in [-0.2, 0) is 11.8 Å². The molecule has 3 aromatic rings. The van der Waals surface area contributed by atoms with Crippen molar-refractivity contribution in [2.24, 2.45) is 12.1 Å². The number of aromatic nitrogens is 1. The van der Waals surface area contributed by atoms with E-state index in [-0.39, 0.29) is 28.8 Å². The number of hydrazone groups is 1. The van der Waals surface area contributed by atoms with Crippen molar-refractivity contribution in [1.29, 1.82) is 0 Å². The Morgan fingerprint density at radius 3 is 2.55 bits per heavy atom. The third-order valence-electron chi connectivity index (χ3n) is 5.14. The topological polar surface area (TPSA) is 74.9 Å². The molecular weight excluding hydrogens is 366 g/mol. The molecule has 1 aliphatic heterocycles. The fourth-order valence-electron chi connectivity index (χ4n) is 3.66. The fraction of sp³-hybridized carbons (Fsp3) is 0.174. The summed E-state index contributed by atoms with van der Waals surface area (Å²) < 4.78 is 1.50. The van der Waals surface area contributed by atoms with Crippen LogP contribution in [0.2, 0.25) is 0 Å². The SMILES string of the molecule is CC(=O)N1N=C(c2c(O)c3ccccc3n(C)c2=O)CC1C=Cc1ccccc1. The fourth-order valence-corrected chi connectivity index (χ4v) is 3.66. The molecule has 2 heterocycles. The Balaban J connectivity index is 1.76. The van der Waals surface area contributed by atoms with Gasteiger partial charge in [-0.3, -0.25) is 9.59 Å². The van der Waals surface area contributed by atoms with Crippen LogP contribution in [0.3, 0.4) is 0 Å². The van der Waals surface area contributed by atoms with Gasteiger partial charge in [-0.1, -0.05) is 54.6 Å². The van der Waals surface area contributed by atoms with E-state index >= 15 is 0 Å². The number of rotatable bonds is 3. The van der Waals surface area contributed by atoms with Crippen LogP contribution < -0.4 is 5.56 Å². The zero-order chi connectivity index (χ0) is 20.5. The number of hydrogen-bond acceptors (Lipinski definition) is 4. The van der Waals surface area contributed by atoms with E-state index in [2.05, 4.69) is 5.10 Å². The lowest BCUT2D eigenvalue weighted by atomic mass is 10.0. The number of amides is 1. The number of aryl methyl sites for hydroxylation is 1. The van der Waals surface area contributed by atoms with Crippen LogP contribution >= 0.6 is 0 Å². The van der Waals surface area contributed by atoms with Crippen LogP contribution in [0.4, 0.5) is 0 Å². The molecule has 0 bridgehead atoms. The van der Waals surface area contributed by atoms with Gasteiger partial charge in [-0.25, -0.2) is 5.01 Å². The molecule has 0 saturated carbocycles. The highest BCUT2D eigenvalue weighted by atomic mass is 16.3. The molecule has 4 rings (SSSR count). The average molecular weight is 387 g/mol. The molecule has 1 N–H and O–H groups in total. The second-order valence-corrected chi connectivity index (χ2v) is 7.06. The Morgan fingerprint density at radius 2 is 1.83 bits per heavy atom. The monoisotopic (exact) mass is 387 g/mol. The zero-order valence-corrected chi connectivity index (χ0v) is 16.2. The first-order valence-corrected chi connectivity index (χ1v) is 9.39. The lowest BCUT2D eigenvalue weighted by molar-refractivity contribution is -0.129. The van der Waals surface area contributed by atoms with Gasteiger partial charge in [0.05, 0.1) is 17.3 Å². The molecule has 0 radical (unpaired) electrons. The molecule has 1 aromatic heterocycles. The van der Waals surface area contributed by atoms with Gasteiger partial charge < -0.3 is 9.67 Å². The van der Waals surface area contributed by atoms with Gasteiger partial charge in [0.15, 0.2) is 0 Å². The van der Waals surface area contributed by atoms with Crippen molar-refractivity contribution in [3.05, 3.63) is 82.2 Å². The average Bonchev–Trinajstić information content (AvgIpc) is 3.16. The maximum atomic E-state index is 13.0. The van der Waals surface area contributed by atoms with E-state index < -0.39 is 0 Å². The number of carbonyl (C=O) groups excluding carboxylic acids is 1. The van der Waals surface area contributed by atoms with Crippen LogP contribution in [0.5, 0.6) is 5.75 Å². The van der Waals surface area contributed by atoms with E-state index in [9.17, 15) is 14.7 Å². The summed E-state index contributed by atoms with van der Waals surface area (Å²) in [4.78, 5) is 25.1. The Morgan fingerprint density at radius 1 is 1.14 bits per heavy atom. The van der Waals surface area contributed by atoms with Crippen molar-refractivity contribution >= 4 is 28.6 Å². The molecule has 1 atom stereocenters. The number of carbonyl (C=O) groups is 1. The highest BCUT2D eigenvalue weighted by molar-refractivity contribution is 6.08. The lowest BCUT2D eigenvalue weighted by Crippen LogP contribution is -2.29. The van der Waals surface area contributed by atoms with Crippen LogP contribution in [0.25, 0.3) is 17.0 Å². The highest BCUT2D eigenvalue weighted by Crippen LogP contribution is 2.30. The van der Waals surface area contributed by atoms with Crippen LogP contribution in [0, 0.1) is 0 Å². The van der Waals surface area contributed by atoms with Crippen LogP contribution in [0.15, 0.2) is 70.6 Å². The molecule has 146 valence electrons. The van der Waals surface area contributed by atoms with E-state index in [1.54, 1.807) is 25.2 Å². The quantitative estimate of drug-likeness (QED) is 0.749. The van der Waals surface area contributed by atoms with E-state index in [1.807, 2.05) is 48.6 Å². The van der Waals surface area contributed by atoms with Gasteiger partial charge in [0, 0.05) is 25.8 Å². The van der Waals surface area contributed by atoms with Gasteiger partial charge in [-0.2, -0.15) is 5.10 Å². The molecule has 6 heteroatoms. The standard InChI is InChI=1S/C23H21N3O3/c1-15(27)26-17(13-12-16-8-4-3-5-9-16)14-19(24-26)21-22(28)18-10-6-7-11-20(18)25(2)23(21)29/h3-13,17,28H,14H2,1-2H3. The van der Waals surface area contributed by atoms with Gasteiger partial charge in [0.2, 0.25) is 5.91 Å². The first-order valence-electron chi connectivity index (χ1n) is 9.39. The Bertz CT molecular complexity index is 1210. The van der Waals surface area contributed by atoms with Gasteiger partial charge >= 0.3 is 0 Å². The van der Waals surface area contributed by atoms with Gasteiger partial charge in [0.1, 0.15) is 11.3 Å². The number of hydrogen-bond donors (Lipinski definition) is 1. The van der Waals surface area contributed by atoms with Crippen molar-refractivity contribution < 1.29 is 9.90 Å². The van der Waals surface area contributed by atoms with Crippen LogP contribution in [0.1, 0.15) is 24.5 Å². The minimum Gasteiger partial charge on any atom is -0.506 e. The zero-order valence-electron chi connectivity index (χ0n) is 16.2. The summed E-state index contributed by atoms with van der Waals surface area (Å²) in [6.07, 6.45) is 4.18. The molecule has 0 spiro atoms. The highest BCUT2D eigenvalue weighted by Gasteiger charge is 2.31. The molecule has 1 unspecified atom stereocenters. The molecule has 6 nitrogen and oxygen atoms in total. The maximum Gasteiger partial charge on any atom is 0.263 e. The van der Waals surface area contributed by atoms with Crippen molar-refractivity contribution in [1.82, 2.24) is 9.58 Å². The number of benzene rings is 2. The number of nitrogens with zero attached hydrogens (tertiary/aromatic N) is 3. The largest absolute Gasteiger partial charge is 0.506 e. The first-order chi connectivity index (χ1) is 14.0. The van der Waals surface area contributed by atoms with Gasteiger partial charge in [-0.05, 0) is 17.7 Å². The van der Waals surface area contributed by atoms with E-state index in [4.69, 9.17) is 0 Å². The number of para-hydroxylation sites is 1. The molecule has 1 amide bonds. The minimum absolute atomic E-state index is 0.0985. The number of pyridine rings is 1. The molecule has 29 heavy (non-hydrogen) atoms. The third kappa shape index (κ3) is 3.33. The van der Waals surface area contributed by atoms with Gasteiger partial charge in [-0.15, -0.1) is 0 Å². The second-order valence-electron chi connectivity index (χ2n) is 7.06. The number of fused-ring (bicyclic) bond motifs is 1. The normalized spacial score (nSPS) is 16.6. The summed E-state index contributed by atoms with van der Waals surface area (Å²) in [5.41, 5.74) is 1.87. The Kier molecular flexibility index (Phi) is 4.76.